The van der Waals surface area contributed by atoms with Crippen molar-refractivity contribution in [3.63, 3.8) is 0 Å². The molecule has 0 aliphatic rings. The van der Waals surface area contributed by atoms with Gasteiger partial charge in [-0.05, 0) is 18.6 Å². The van der Waals surface area contributed by atoms with E-state index >= 15 is 0 Å². The van der Waals surface area contributed by atoms with Gasteiger partial charge in [0, 0.05) is 19.2 Å². The van der Waals surface area contributed by atoms with Crippen LogP contribution in [-0.2, 0) is 14.8 Å². The minimum atomic E-state index is -3.82. The SMILES string of the molecule is CCCCOCCNS(=O)(=O)c1ccc(N)c([N+](=O)[O-])c1. The van der Waals surface area contributed by atoms with Crippen LogP contribution in [0.2, 0.25) is 0 Å². The summed E-state index contributed by atoms with van der Waals surface area (Å²) in [7, 11) is -3.82. The van der Waals surface area contributed by atoms with E-state index < -0.39 is 20.6 Å². The van der Waals surface area contributed by atoms with Gasteiger partial charge in [0.25, 0.3) is 5.69 Å². The third-order valence-corrected chi connectivity index (χ3v) is 4.15. The first-order valence-electron chi connectivity index (χ1n) is 6.50. The van der Waals surface area contributed by atoms with Crippen LogP contribution >= 0.6 is 0 Å². The van der Waals surface area contributed by atoms with E-state index in [4.69, 9.17) is 10.5 Å². The van der Waals surface area contributed by atoms with Gasteiger partial charge in [-0.1, -0.05) is 13.3 Å². The highest BCUT2D eigenvalue weighted by Gasteiger charge is 2.19. The lowest BCUT2D eigenvalue weighted by Gasteiger charge is -2.08. The predicted octanol–water partition coefficient (Wildman–Crippen LogP) is 1.27. The standard InChI is InChI=1S/C12H19N3O5S/c1-2-3-7-20-8-6-14-21(18,19)10-4-5-11(13)12(9-10)15(16)17/h4-5,9,14H,2-3,6-8,13H2,1H3. The molecule has 0 atom stereocenters. The van der Waals surface area contributed by atoms with Gasteiger partial charge in [-0.15, -0.1) is 0 Å². The largest absolute Gasteiger partial charge is 0.393 e. The van der Waals surface area contributed by atoms with Crippen LogP contribution < -0.4 is 10.5 Å². The number of anilines is 1. The smallest absolute Gasteiger partial charge is 0.293 e. The number of nitro groups is 1. The van der Waals surface area contributed by atoms with Gasteiger partial charge in [-0.2, -0.15) is 0 Å². The van der Waals surface area contributed by atoms with Crippen LogP contribution in [0.25, 0.3) is 0 Å². The molecule has 0 saturated heterocycles. The van der Waals surface area contributed by atoms with Crippen LogP contribution in [0, 0.1) is 10.1 Å². The molecule has 0 heterocycles. The predicted molar refractivity (Wildman–Crippen MR) is 78.4 cm³/mol. The number of hydrogen-bond donors (Lipinski definition) is 2. The third-order valence-electron chi connectivity index (χ3n) is 2.69. The maximum absolute atomic E-state index is 12.0. The van der Waals surface area contributed by atoms with Crippen molar-refractivity contribution in [2.45, 2.75) is 24.7 Å². The van der Waals surface area contributed by atoms with E-state index in [1.165, 1.54) is 12.1 Å². The van der Waals surface area contributed by atoms with Crippen LogP contribution in [0.15, 0.2) is 23.1 Å². The van der Waals surface area contributed by atoms with E-state index in [9.17, 15) is 18.5 Å². The zero-order valence-corrected chi connectivity index (χ0v) is 12.6. The maximum atomic E-state index is 12.0. The molecule has 0 unspecified atom stereocenters. The maximum Gasteiger partial charge on any atom is 0.293 e. The van der Waals surface area contributed by atoms with Crippen molar-refractivity contribution in [1.29, 1.82) is 0 Å². The Morgan fingerprint density at radius 3 is 2.71 bits per heavy atom. The van der Waals surface area contributed by atoms with Gasteiger partial charge in [-0.25, -0.2) is 13.1 Å². The van der Waals surface area contributed by atoms with E-state index in [2.05, 4.69) is 4.72 Å². The van der Waals surface area contributed by atoms with E-state index in [-0.39, 0.29) is 23.7 Å². The zero-order valence-electron chi connectivity index (χ0n) is 11.7. The Kier molecular flexibility index (Phi) is 6.53. The summed E-state index contributed by atoms with van der Waals surface area (Å²) in [6, 6.07) is 3.36. The molecular weight excluding hydrogens is 298 g/mol. The molecule has 0 fully saturated rings. The molecule has 0 aliphatic heterocycles. The Bertz CT molecular complexity index is 589. The average Bonchev–Trinajstić information content (AvgIpc) is 2.42. The average molecular weight is 317 g/mol. The van der Waals surface area contributed by atoms with E-state index in [1.54, 1.807) is 0 Å². The first kappa shape index (κ1) is 17.3. The summed E-state index contributed by atoms with van der Waals surface area (Å²) in [6.45, 7) is 2.95. The second-order valence-electron chi connectivity index (χ2n) is 4.34. The molecule has 0 aromatic heterocycles. The Balaban J connectivity index is 2.66. The first-order chi connectivity index (χ1) is 9.88. The minimum Gasteiger partial charge on any atom is -0.393 e. The lowest BCUT2D eigenvalue weighted by molar-refractivity contribution is -0.384. The molecule has 8 nitrogen and oxygen atoms in total. The molecule has 1 aromatic rings. The Labute approximate surface area is 123 Å². The molecule has 0 amide bonds. The molecule has 0 bridgehead atoms. The van der Waals surface area contributed by atoms with Gasteiger partial charge in [0.15, 0.2) is 0 Å². The second-order valence-corrected chi connectivity index (χ2v) is 6.11. The fraction of sp³-hybridized carbons (Fsp3) is 0.500. The monoisotopic (exact) mass is 317 g/mol. The Hall–Kier alpha value is -1.71. The highest BCUT2D eigenvalue weighted by atomic mass is 32.2. The van der Waals surface area contributed by atoms with Gasteiger partial charge in [-0.3, -0.25) is 10.1 Å². The van der Waals surface area contributed by atoms with Crippen LogP contribution in [0.3, 0.4) is 0 Å². The Morgan fingerprint density at radius 1 is 1.38 bits per heavy atom. The van der Waals surface area contributed by atoms with E-state index in [1.807, 2.05) is 6.92 Å². The quantitative estimate of drug-likeness (QED) is 0.306. The summed E-state index contributed by atoms with van der Waals surface area (Å²) < 4.78 is 31.5. The molecule has 21 heavy (non-hydrogen) atoms. The van der Waals surface area contributed by atoms with Crippen molar-refractivity contribution >= 4 is 21.4 Å². The third kappa shape index (κ3) is 5.29. The summed E-state index contributed by atoms with van der Waals surface area (Å²) in [4.78, 5) is 9.83. The molecule has 9 heteroatoms. The topological polar surface area (TPSA) is 125 Å². The van der Waals surface area contributed by atoms with Crippen molar-refractivity contribution < 1.29 is 18.1 Å². The van der Waals surface area contributed by atoms with Gasteiger partial charge >= 0.3 is 0 Å². The van der Waals surface area contributed by atoms with Gasteiger partial charge in [0.05, 0.1) is 16.4 Å². The number of unbranched alkanes of at least 4 members (excludes halogenated alkanes) is 1. The molecule has 0 aliphatic carbocycles. The van der Waals surface area contributed by atoms with Crippen molar-refractivity contribution in [3.8, 4) is 0 Å². The number of hydrogen-bond acceptors (Lipinski definition) is 6. The van der Waals surface area contributed by atoms with Crippen LogP contribution in [-0.4, -0.2) is 33.1 Å². The number of nitrogens with one attached hydrogen (secondary N) is 1. The molecular formula is C12H19N3O5S. The summed E-state index contributed by atoms with van der Waals surface area (Å²) in [5, 5.41) is 10.8. The van der Waals surface area contributed by atoms with Crippen molar-refractivity contribution in [1.82, 2.24) is 4.72 Å². The summed E-state index contributed by atoms with van der Waals surface area (Å²) in [5.41, 5.74) is 4.91. The summed E-state index contributed by atoms with van der Waals surface area (Å²) >= 11 is 0. The molecule has 1 rings (SSSR count). The number of nitrogens with two attached hydrogens (primary N) is 1. The summed E-state index contributed by atoms with van der Waals surface area (Å²) in [6.07, 6.45) is 1.91. The Morgan fingerprint density at radius 2 is 2.10 bits per heavy atom. The highest BCUT2D eigenvalue weighted by molar-refractivity contribution is 7.89. The number of sulfonamides is 1. The van der Waals surface area contributed by atoms with E-state index in [0.29, 0.717) is 6.61 Å². The summed E-state index contributed by atoms with van der Waals surface area (Å²) in [5.74, 6) is 0. The lowest BCUT2D eigenvalue weighted by Crippen LogP contribution is -2.27. The number of nitrogens with zero attached hydrogens (tertiary/aromatic N) is 1. The lowest BCUT2D eigenvalue weighted by atomic mass is 10.3. The highest BCUT2D eigenvalue weighted by Crippen LogP contribution is 2.24. The minimum absolute atomic E-state index is 0.0816. The van der Waals surface area contributed by atoms with Gasteiger partial charge in [0.1, 0.15) is 5.69 Å². The number of ether oxygens (including phenoxy) is 1. The molecule has 0 spiro atoms. The van der Waals surface area contributed by atoms with Gasteiger partial charge < -0.3 is 10.5 Å². The van der Waals surface area contributed by atoms with Crippen LogP contribution in [0.4, 0.5) is 11.4 Å². The number of nitro benzene ring substituents is 1. The number of rotatable bonds is 9. The van der Waals surface area contributed by atoms with Crippen molar-refractivity contribution in [2.24, 2.45) is 0 Å². The number of nitrogen functional groups attached to an aromatic ring is 1. The van der Waals surface area contributed by atoms with Crippen molar-refractivity contribution in [3.05, 3.63) is 28.3 Å². The fourth-order valence-corrected chi connectivity index (χ4v) is 2.56. The molecule has 0 saturated carbocycles. The molecule has 118 valence electrons. The molecule has 3 N–H and O–H groups in total. The number of benzene rings is 1. The zero-order chi connectivity index (χ0) is 15.9. The molecule has 1 aromatic carbocycles. The fourth-order valence-electron chi connectivity index (χ4n) is 1.53. The molecule has 0 radical (unpaired) electrons. The first-order valence-corrected chi connectivity index (χ1v) is 7.98. The van der Waals surface area contributed by atoms with Crippen LogP contribution in [0.5, 0.6) is 0 Å². The van der Waals surface area contributed by atoms with E-state index in [0.717, 1.165) is 18.9 Å². The second kappa shape index (κ2) is 7.91. The van der Waals surface area contributed by atoms with Crippen LogP contribution in [0.1, 0.15) is 19.8 Å². The normalized spacial score (nSPS) is 11.5. The van der Waals surface area contributed by atoms with Crippen molar-refractivity contribution in [2.75, 3.05) is 25.5 Å². The van der Waals surface area contributed by atoms with Gasteiger partial charge in [0.2, 0.25) is 10.0 Å².